The van der Waals surface area contributed by atoms with Gasteiger partial charge in [-0.15, -0.1) is 0 Å². The van der Waals surface area contributed by atoms with Crippen molar-refractivity contribution >= 4 is 34.8 Å². The molecule has 1 amide bonds. The first-order valence-electron chi connectivity index (χ1n) is 8.87. The third-order valence-corrected chi connectivity index (χ3v) is 6.68. The van der Waals surface area contributed by atoms with Gasteiger partial charge in [0, 0.05) is 23.5 Å². The lowest BCUT2D eigenvalue weighted by Crippen LogP contribution is -2.37. The molecule has 1 aliphatic carbocycles. The molecule has 1 N–H and O–H groups in total. The zero-order chi connectivity index (χ0) is 18.0. The fraction of sp³-hybridized carbons (Fsp3) is 0.400. The SMILES string of the molecule is Cc1cc([C@H]2[C@@H](C(=O)Nc3ccc(Cl)c(Cl)c3)[C@H]3O[C@@H]2C2C[C@@H]23)ccn1. The summed E-state index contributed by atoms with van der Waals surface area (Å²) in [5, 5.41) is 3.91. The first-order valence-corrected chi connectivity index (χ1v) is 9.62. The Balaban J connectivity index is 1.45. The number of ether oxygens (including phenoxy) is 1. The number of hydrogen-bond acceptors (Lipinski definition) is 3. The van der Waals surface area contributed by atoms with Crippen molar-refractivity contribution in [1.29, 1.82) is 0 Å². The Bertz CT molecular complexity index is 903. The van der Waals surface area contributed by atoms with E-state index in [1.165, 1.54) is 6.42 Å². The van der Waals surface area contributed by atoms with Gasteiger partial charge in [0.1, 0.15) is 0 Å². The molecule has 1 aromatic heterocycles. The van der Waals surface area contributed by atoms with Crippen LogP contribution in [0.25, 0.3) is 0 Å². The van der Waals surface area contributed by atoms with Crippen molar-refractivity contribution in [2.24, 2.45) is 17.8 Å². The third-order valence-electron chi connectivity index (χ3n) is 5.94. The number of rotatable bonds is 3. The summed E-state index contributed by atoms with van der Waals surface area (Å²) in [5.74, 6) is 1.00. The molecule has 3 heterocycles. The molecule has 2 bridgehead atoms. The van der Waals surface area contributed by atoms with E-state index in [4.69, 9.17) is 27.9 Å². The first-order chi connectivity index (χ1) is 12.5. The molecular weight excluding hydrogens is 371 g/mol. The fourth-order valence-corrected chi connectivity index (χ4v) is 5.07. The van der Waals surface area contributed by atoms with Gasteiger partial charge in [-0.05, 0) is 61.1 Å². The van der Waals surface area contributed by atoms with Crippen molar-refractivity contribution in [3.8, 4) is 0 Å². The molecule has 6 atom stereocenters. The molecule has 2 saturated heterocycles. The summed E-state index contributed by atoms with van der Waals surface area (Å²) in [5.41, 5.74) is 2.76. The second kappa shape index (κ2) is 5.95. The number of fused-ring (bicyclic) bond motifs is 5. The van der Waals surface area contributed by atoms with Gasteiger partial charge in [0.05, 0.1) is 28.2 Å². The summed E-state index contributed by atoms with van der Waals surface area (Å²) in [4.78, 5) is 17.4. The Hall–Kier alpha value is -1.62. The lowest BCUT2D eigenvalue weighted by Gasteiger charge is -2.27. The van der Waals surface area contributed by atoms with Crippen LogP contribution >= 0.6 is 23.2 Å². The Morgan fingerprint density at radius 1 is 1.15 bits per heavy atom. The second-order valence-corrected chi connectivity index (χ2v) is 8.34. The van der Waals surface area contributed by atoms with Gasteiger partial charge in [-0.3, -0.25) is 9.78 Å². The molecular formula is C20H18Cl2N2O2. The Morgan fingerprint density at radius 3 is 2.73 bits per heavy atom. The molecule has 2 aliphatic heterocycles. The molecule has 4 nitrogen and oxygen atoms in total. The molecule has 1 unspecified atom stereocenters. The maximum absolute atomic E-state index is 13.2. The second-order valence-electron chi connectivity index (χ2n) is 7.53. The standard InChI is InChI=1S/C20H18Cl2N2O2/c1-9-6-10(4-5-23-9)16-17(19-13-8-12(13)18(16)26-19)20(25)24-11-2-3-14(21)15(22)7-11/h2-7,12-13,16-19H,8H2,1H3,(H,24,25)/t12?,13-,16-,17+,18+,19-/m0/s1. The molecule has 3 aliphatic rings. The van der Waals surface area contributed by atoms with Crippen LogP contribution in [-0.4, -0.2) is 23.1 Å². The van der Waals surface area contributed by atoms with Gasteiger partial charge in [-0.25, -0.2) is 0 Å². The summed E-state index contributed by atoms with van der Waals surface area (Å²) in [6.45, 7) is 1.97. The Morgan fingerprint density at radius 2 is 1.96 bits per heavy atom. The molecule has 1 saturated carbocycles. The van der Waals surface area contributed by atoms with Crippen molar-refractivity contribution in [2.45, 2.75) is 31.5 Å². The van der Waals surface area contributed by atoms with Crippen LogP contribution in [0.1, 0.15) is 23.6 Å². The van der Waals surface area contributed by atoms with Gasteiger partial charge in [-0.1, -0.05) is 23.2 Å². The number of carbonyl (C=O) groups is 1. The topological polar surface area (TPSA) is 51.2 Å². The largest absolute Gasteiger partial charge is 0.373 e. The predicted octanol–water partition coefficient (Wildman–Crippen LogP) is 4.45. The number of carbonyl (C=O) groups excluding carboxylic acids is 1. The molecule has 134 valence electrons. The minimum absolute atomic E-state index is 0.00578. The molecule has 3 fully saturated rings. The van der Waals surface area contributed by atoms with Crippen LogP contribution in [0.2, 0.25) is 10.0 Å². The van der Waals surface area contributed by atoms with Crippen LogP contribution in [0.3, 0.4) is 0 Å². The lowest BCUT2D eigenvalue weighted by atomic mass is 9.75. The van der Waals surface area contributed by atoms with Crippen molar-refractivity contribution in [2.75, 3.05) is 5.32 Å². The molecule has 5 rings (SSSR count). The van der Waals surface area contributed by atoms with E-state index >= 15 is 0 Å². The van der Waals surface area contributed by atoms with Crippen LogP contribution in [0.4, 0.5) is 5.69 Å². The minimum atomic E-state index is -0.194. The smallest absolute Gasteiger partial charge is 0.230 e. The summed E-state index contributed by atoms with van der Waals surface area (Å²) < 4.78 is 6.23. The highest BCUT2D eigenvalue weighted by Gasteiger charge is 2.68. The zero-order valence-electron chi connectivity index (χ0n) is 14.2. The maximum atomic E-state index is 13.2. The van der Waals surface area contributed by atoms with E-state index in [2.05, 4.69) is 16.4 Å². The average Bonchev–Trinajstić information content (AvgIpc) is 3.22. The molecule has 0 spiro atoms. The van der Waals surface area contributed by atoms with Crippen LogP contribution in [0, 0.1) is 24.7 Å². The van der Waals surface area contributed by atoms with E-state index in [0.717, 1.165) is 11.3 Å². The molecule has 2 aromatic rings. The molecule has 0 radical (unpaired) electrons. The highest BCUT2D eigenvalue weighted by atomic mass is 35.5. The van der Waals surface area contributed by atoms with E-state index in [1.54, 1.807) is 18.2 Å². The van der Waals surface area contributed by atoms with Crippen molar-refractivity contribution in [1.82, 2.24) is 4.98 Å². The van der Waals surface area contributed by atoms with Crippen molar-refractivity contribution in [3.05, 3.63) is 57.8 Å². The number of benzene rings is 1. The monoisotopic (exact) mass is 388 g/mol. The van der Waals surface area contributed by atoms with E-state index in [-0.39, 0.29) is 30.0 Å². The van der Waals surface area contributed by atoms with Crippen molar-refractivity contribution < 1.29 is 9.53 Å². The number of nitrogens with zero attached hydrogens (tertiary/aromatic N) is 1. The molecule has 1 aromatic carbocycles. The fourth-order valence-electron chi connectivity index (χ4n) is 4.77. The van der Waals surface area contributed by atoms with Gasteiger partial charge in [0.15, 0.2) is 0 Å². The van der Waals surface area contributed by atoms with Gasteiger partial charge in [0.25, 0.3) is 0 Å². The Kier molecular flexibility index (Phi) is 3.78. The summed E-state index contributed by atoms with van der Waals surface area (Å²) in [6.07, 6.45) is 3.13. The minimum Gasteiger partial charge on any atom is -0.373 e. The van der Waals surface area contributed by atoms with Gasteiger partial charge in [0.2, 0.25) is 5.91 Å². The molecule has 26 heavy (non-hydrogen) atoms. The lowest BCUT2D eigenvalue weighted by molar-refractivity contribution is -0.122. The third kappa shape index (κ3) is 2.55. The highest BCUT2D eigenvalue weighted by molar-refractivity contribution is 6.42. The summed E-state index contributed by atoms with van der Waals surface area (Å²) >= 11 is 12.0. The predicted molar refractivity (Wildman–Crippen MR) is 101 cm³/mol. The van der Waals surface area contributed by atoms with Crippen molar-refractivity contribution in [3.63, 3.8) is 0 Å². The summed E-state index contributed by atoms with van der Waals surface area (Å²) in [7, 11) is 0. The number of amides is 1. The number of anilines is 1. The number of aromatic nitrogens is 1. The number of pyridine rings is 1. The van der Waals surface area contributed by atoms with E-state index in [9.17, 15) is 4.79 Å². The zero-order valence-corrected chi connectivity index (χ0v) is 15.7. The number of hydrogen-bond donors (Lipinski definition) is 1. The van der Waals surface area contributed by atoms with Crippen LogP contribution in [0.15, 0.2) is 36.5 Å². The highest BCUT2D eigenvalue weighted by Crippen LogP contribution is 2.65. The number of nitrogens with one attached hydrogen (secondary N) is 1. The Labute approximate surface area is 161 Å². The average molecular weight is 389 g/mol. The first kappa shape index (κ1) is 16.5. The number of halogens is 2. The van der Waals surface area contributed by atoms with E-state index < -0.39 is 0 Å². The van der Waals surface area contributed by atoms with Crippen LogP contribution in [-0.2, 0) is 9.53 Å². The quantitative estimate of drug-likeness (QED) is 0.844. The maximum Gasteiger partial charge on any atom is 0.230 e. The van der Waals surface area contributed by atoms with Gasteiger partial charge >= 0.3 is 0 Å². The van der Waals surface area contributed by atoms with Crippen LogP contribution < -0.4 is 5.32 Å². The summed E-state index contributed by atoms with van der Waals surface area (Å²) in [6, 6.07) is 9.23. The normalized spacial score (nSPS) is 33.8. The van der Waals surface area contributed by atoms with Gasteiger partial charge in [-0.2, -0.15) is 0 Å². The van der Waals surface area contributed by atoms with E-state index in [1.807, 2.05) is 19.2 Å². The number of aryl methyl sites for hydroxylation is 1. The van der Waals surface area contributed by atoms with E-state index in [0.29, 0.717) is 27.6 Å². The molecule has 6 heteroatoms. The van der Waals surface area contributed by atoms with Gasteiger partial charge < -0.3 is 10.1 Å². The van der Waals surface area contributed by atoms with Crippen LogP contribution in [0.5, 0.6) is 0 Å².